The molecule has 3 aliphatic heterocycles. The number of carbonyl (C=O) groups excluding carboxylic acids is 2. The summed E-state index contributed by atoms with van der Waals surface area (Å²) in [4.78, 5) is 58.1. The van der Waals surface area contributed by atoms with Crippen LogP contribution in [-0.4, -0.2) is 111 Å². The molecule has 16 nitrogen and oxygen atoms in total. The Morgan fingerprint density at radius 2 is 1.70 bits per heavy atom. The molecular formula is C53H63F3N10O6S. The highest BCUT2D eigenvalue weighted by molar-refractivity contribution is 7.92. The molecule has 1 unspecified atom stereocenters. The summed E-state index contributed by atoms with van der Waals surface area (Å²) >= 11 is 0. The van der Waals surface area contributed by atoms with Crippen molar-refractivity contribution >= 4 is 56.0 Å². The van der Waals surface area contributed by atoms with Crippen LogP contribution < -0.4 is 30.9 Å². The summed E-state index contributed by atoms with van der Waals surface area (Å²) in [6.07, 6.45) is 2.86. The van der Waals surface area contributed by atoms with Crippen LogP contribution >= 0.6 is 0 Å². The Hall–Kier alpha value is -6.51. The third kappa shape index (κ3) is 9.41. The number of nitrogens with zero attached hydrogens (tertiary/aromatic N) is 8. The van der Waals surface area contributed by atoms with Gasteiger partial charge in [0.05, 0.1) is 28.6 Å². The van der Waals surface area contributed by atoms with Crippen molar-refractivity contribution < 1.29 is 36.3 Å². The first-order chi connectivity index (χ1) is 34.4. The van der Waals surface area contributed by atoms with E-state index in [0.29, 0.717) is 79.7 Å². The average Bonchev–Trinajstić information content (AvgIpc) is 3.84. The van der Waals surface area contributed by atoms with Crippen LogP contribution in [0.5, 0.6) is 0 Å². The number of aliphatic hydroxyl groups is 1. The summed E-state index contributed by atoms with van der Waals surface area (Å²) in [7, 11) is -3.07. The number of piperazine rings is 1. The molecule has 0 bridgehead atoms. The molecule has 388 valence electrons. The fourth-order valence-electron chi connectivity index (χ4n) is 11.1. The molecule has 1 aliphatic carbocycles. The maximum Gasteiger partial charge on any atom is 0.408 e. The molecule has 6 heterocycles. The van der Waals surface area contributed by atoms with Gasteiger partial charge in [-0.15, -0.1) is 0 Å². The van der Waals surface area contributed by atoms with E-state index < -0.39 is 38.8 Å². The Labute approximate surface area is 423 Å². The molecule has 20 heteroatoms. The van der Waals surface area contributed by atoms with E-state index in [1.807, 2.05) is 18.2 Å². The highest BCUT2D eigenvalue weighted by atomic mass is 32.2. The molecule has 2 saturated heterocycles. The van der Waals surface area contributed by atoms with Gasteiger partial charge in [-0.3, -0.25) is 24.2 Å². The number of aliphatic hydroxyl groups excluding tert-OH is 1. The van der Waals surface area contributed by atoms with E-state index >= 15 is 0 Å². The van der Waals surface area contributed by atoms with Gasteiger partial charge in [-0.2, -0.15) is 13.2 Å². The van der Waals surface area contributed by atoms with Crippen LogP contribution in [0.4, 0.5) is 47.6 Å². The summed E-state index contributed by atoms with van der Waals surface area (Å²) in [5.41, 5.74) is 6.51. The van der Waals surface area contributed by atoms with Crippen molar-refractivity contribution in [2.24, 2.45) is 12.5 Å². The molecule has 0 radical (unpaired) electrons. The number of sulfone groups is 1. The molecule has 4 aliphatic rings. The first-order valence-electron chi connectivity index (χ1n) is 24.7. The topological polar surface area (TPSA) is 178 Å². The third-order valence-corrected chi connectivity index (χ3v) is 17.8. The van der Waals surface area contributed by atoms with E-state index in [-0.39, 0.29) is 40.2 Å². The Morgan fingerprint density at radius 3 is 2.37 bits per heavy atom. The van der Waals surface area contributed by atoms with Crippen molar-refractivity contribution in [1.82, 2.24) is 24.0 Å². The van der Waals surface area contributed by atoms with Crippen molar-refractivity contribution in [1.29, 1.82) is 0 Å². The highest BCUT2D eigenvalue weighted by Gasteiger charge is 2.57. The van der Waals surface area contributed by atoms with Gasteiger partial charge >= 0.3 is 6.18 Å². The molecule has 3 N–H and O–H groups in total. The van der Waals surface area contributed by atoms with E-state index in [1.165, 1.54) is 34.0 Å². The molecule has 9 rings (SSSR count). The van der Waals surface area contributed by atoms with Gasteiger partial charge in [0.2, 0.25) is 5.91 Å². The standard InChI is InChI=1S/C53H63F3N10O6S/c1-9-46(68)59-41-26-35(10-15-43(41)64-21-20-62(29-33(64)3)37-17-19-63(32(2)24-37)36-11-13-38(14-12-36)73(71,72)52(6,7)53(54,55)56)58-47-50(70)61(8)30-42(60-47)39-16-18-57-48(40(39)31-67)66-23-22-65-44(49(66)69)25-34-27-51(4,5)28-45(34)65/h9-16,18,25-26,30,32-33,37,67H,1,17,19-24,27-29,31H2,2-8H3,(H,58,60)(H,59,68)/t32-,33-,37?/m0/s1. The van der Waals surface area contributed by atoms with Crippen LogP contribution in [0.3, 0.4) is 0 Å². The molecule has 3 atom stereocenters. The Balaban J connectivity index is 0.895. The van der Waals surface area contributed by atoms with Gasteiger partial charge in [-0.25, -0.2) is 18.4 Å². The second kappa shape index (κ2) is 19.1. The van der Waals surface area contributed by atoms with Crippen LogP contribution in [0, 0.1) is 5.41 Å². The van der Waals surface area contributed by atoms with E-state index in [4.69, 9.17) is 4.98 Å². The Kier molecular flexibility index (Phi) is 13.4. The summed E-state index contributed by atoms with van der Waals surface area (Å²) in [5.74, 6) is -0.280. The third-order valence-electron chi connectivity index (χ3n) is 15.3. The first kappa shape index (κ1) is 51.4. The molecule has 2 amide bonds. The molecule has 0 spiro atoms. The molecule has 0 saturated carbocycles. The van der Waals surface area contributed by atoms with Crippen molar-refractivity contribution in [3.8, 4) is 11.3 Å². The van der Waals surface area contributed by atoms with Gasteiger partial charge in [0, 0.05) is 105 Å². The number of halogens is 3. The van der Waals surface area contributed by atoms with E-state index in [2.05, 4.69) is 69.2 Å². The lowest BCUT2D eigenvalue weighted by Crippen LogP contribution is -2.58. The lowest BCUT2D eigenvalue weighted by atomic mass is 9.90. The smallest absolute Gasteiger partial charge is 0.392 e. The maximum atomic E-state index is 14.1. The number of hydrogen-bond donors (Lipinski definition) is 3. The van der Waals surface area contributed by atoms with Gasteiger partial charge in [0.15, 0.2) is 20.4 Å². The first-order valence-corrected chi connectivity index (χ1v) is 26.1. The summed E-state index contributed by atoms with van der Waals surface area (Å²) in [6.45, 7) is 17.0. The predicted molar refractivity (Wildman–Crippen MR) is 276 cm³/mol. The SMILES string of the molecule is C=CC(=O)Nc1cc(Nc2nc(-c3ccnc(N4CCn5c(cc6c5CC(C)(C)C6)C4=O)c3CO)cn(C)c2=O)ccc1N1CCN(C2CCN(c3ccc(S(=O)(=O)C(C)(C)C(F)(F)F)cc3)[C@@H](C)C2)C[C@@H]1C. The van der Waals surface area contributed by atoms with E-state index in [9.17, 15) is 41.1 Å². The molecule has 2 fully saturated rings. The highest BCUT2D eigenvalue weighted by Crippen LogP contribution is 2.43. The number of rotatable bonds is 12. The summed E-state index contributed by atoms with van der Waals surface area (Å²) in [5, 5.41) is 17.0. The Morgan fingerprint density at radius 1 is 0.959 bits per heavy atom. The number of amides is 2. The Bertz CT molecular complexity index is 3170. The van der Waals surface area contributed by atoms with Crippen molar-refractivity contribution in [3.63, 3.8) is 0 Å². The molecule has 3 aromatic heterocycles. The van der Waals surface area contributed by atoms with Crippen LogP contribution in [0.25, 0.3) is 11.3 Å². The van der Waals surface area contributed by atoms with Gasteiger partial charge in [0.25, 0.3) is 11.5 Å². The van der Waals surface area contributed by atoms with Crippen LogP contribution in [-0.2, 0) is 47.7 Å². The molecule has 73 heavy (non-hydrogen) atoms. The molecular weight excluding hydrogens is 962 g/mol. The molecule has 5 aromatic rings. The number of fused-ring (bicyclic) bond motifs is 3. The lowest BCUT2D eigenvalue weighted by molar-refractivity contribution is -0.153. The number of carbonyl (C=O) groups is 2. The monoisotopic (exact) mass is 1020 g/mol. The normalized spacial score (nSPS) is 20.5. The minimum Gasteiger partial charge on any atom is -0.392 e. The summed E-state index contributed by atoms with van der Waals surface area (Å²) < 4.78 is 67.5. The van der Waals surface area contributed by atoms with Crippen molar-refractivity contribution in [2.75, 3.05) is 58.1 Å². The minimum absolute atomic E-state index is 0.00231. The molecule has 2 aromatic carbocycles. The number of anilines is 6. The fraction of sp³-hybridized carbons (Fsp3) is 0.453. The van der Waals surface area contributed by atoms with Gasteiger partial charge < -0.3 is 34.7 Å². The van der Waals surface area contributed by atoms with Gasteiger partial charge in [-0.05, 0) is 125 Å². The number of piperidine rings is 1. The van der Waals surface area contributed by atoms with Gasteiger partial charge in [0.1, 0.15) is 11.5 Å². The van der Waals surface area contributed by atoms with Gasteiger partial charge in [-0.1, -0.05) is 20.4 Å². The van der Waals surface area contributed by atoms with Crippen LogP contribution in [0.15, 0.2) is 89.3 Å². The number of aryl methyl sites for hydroxylation is 1. The lowest BCUT2D eigenvalue weighted by Gasteiger charge is -2.48. The zero-order chi connectivity index (χ0) is 52.5. The van der Waals surface area contributed by atoms with Crippen molar-refractivity contribution in [2.45, 2.75) is 114 Å². The average molecular weight is 1030 g/mol. The van der Waals surface area contributed by atoms with E-state index in [1.54, 1.807) is 48.6 Å². The summed E-state index contributed by atoms with van der Waals surface area (Å²) in [6, 6.07) is 15.2. The number of alkyl halides is 3. The second-order valence-corrected chi connectivity index (χ2v) is 23.6. The van der Waals surface area contributed by atoms with Crippen LogP contribution in [0.1, 0.15) is 81.7 Å². The van der Waals surface area contributed by atoms with E-state index in [0.717, 1.165) is 50.1 Å². The predicted octanol–water partition coefficient (Wildman–Crippen LogP) is 7.47. The zero-order valence-corrected chi connectivity index (χ0v) is 43.1. The van der Waals surface area contributed by atoms with Crippen molar-refractivity contribution in [3.05, 3.63) is 113 Å². The number of benzene rings is 2. The number of pyridine rings is 1. The quantitative estimate of drug-likeness (QED) is 0.105. The largest absolute Gasteiger partial charge is 0.408 e. The number of hydrogen-bond acceptors (Lipinski definition) is 12. The second-order valence-electron chi connectivity index (χ2n) is 21.2. The fourth-order valence-corrected chi connectivity index (χ4v) is 12.5. The number of aromatic nitrogens is 4. The minimum atomic E-state index is -4.93. The van der Waals surface area contributed by atoms with Crippen LogP contribution in [0.2, 0.25) is 0 Å². The maximum absolute atomic E-state index is 14.1. The number of nitrogens with one attached hydrogen (secondary N) is 2. The zero-order valence-electron chi connectivity index (χ0n) is 42.3.